The van der Waals surface area contributed by atoms with Crippen molar-refractivity contribution in [1.29, 1.82) is 0 Å². The average Bonchev–Trinajstić information content (AvgIpc) is 2.06. The van der Waals surface area contributed by atoms with Crippen molar-refractivity contribution < 1.29 is 9.90 Å². The van der Waals surface area contributed by atoms with Crippen LogP contribution in [0.2, 0.25) is 0 Å². The molecule has 1 atom stereocenters. The topological polar surface area (TPSA) is 49.3 Å². The molecule has 3 heteroatoms. The Morgan fingerprint density at radius 3 is 2.50 bits per heavy atom. The smallest absolute Gasteiger partial charge is 0.248 e. The van der Waals surface area contributed by atoms with E-state index in [-0.39, 0.29) is 5.91 Å². The van der Waals surface area contributed by atoms with Gasteiger partial charge in [0.15, 0.2) is 0 Å². The molecule has 1 rings (SSSR count). The number of rotatable bonds is 2. The van der Waals surface area contributed by atoms with Gasteiger partial charge in [-0.2, -0.15) is 0 Å². The summed E-state index contributed by atoms with van der Waals surface area (Å²) < 4.78 is 0. The predicted octanol–water partition coefficient (Wildman–Crippen LogP) is 0.816. The van der Waals surface area contributed by atoms with E-state index in [1.807, 2.05) is 0 Å². The molecule has 2 N–H and O–H groups in total. The fourth-order valence-corrected chi connectivity index (χ4v) is 1.57. The third-order valence-electron chi connectivity index (χ3n) is 2.33. The second kappa shape index (κ2) is 4.45. The zero-order valence-electron chi connectivity index (χ0n) is 7.55. The summed E-state index contributed by atoms with van der Waals surface area (Å²) in [6.07, 6.45) is 4.94. The van der Waals surface area contributed by atoms with Gasteiger partial charge in [0.05, 0.1) is 0 Å². The number of nitrogens with one attached hydrogen (secondary N) is 1. The Morgan fingerprint density at radius 2 is 2.00 bits per heavy atom. The van der Waals surface area contributed by atoms with Crippen LogP contribution in [0, 0.1) is 0 Å². The Bertz CT molecular complexity index is 151. The van der Waals surface area contributed by atoms with Gasteiger partial charge >= 0.3 is 0 Å². The highest BCUT2D eigenvalue weighted by molar-refractivity contribution is 5.80. The first-order valence-corrected chi connectivity index (χ1v) is 4.68. The predicted molar refractivity (Wildman–Crippen MR) is 46.7 cm³/mol. The van der Waals surface area contributed by atoms with Gasteiger partial charge in [-0.3, -0.25) is 4.79 Å². The van der Waals surface area contributed by atoms with Crippen LogP contribution in [0.3, 0.4) is 0 Å². The van der Waals surface area contributed by atoms with Crippen molar-refractivity contribution in [3.8, 4) is 0 Å². The summed E-state index contributed by atoms with van der Waals surface area (Å²) in [7, 11) is 0. The van der Waals surface area contributed by atoms with Gasteiger partial charge in [0.25, 0.3) is 0 Å². The number of amides is 1. The summed E-state index contributed by atoms with van der Waals surface area (Å²) >= 11 is 0. The maximum absolute atomic E-state index is 11.0. The molecule has 1 aliphatic rings. The van der Waals surface area contributed by atoms with E-state index in [1.165, 1.54) is 26.2 Å². The van der Waals surface area contributed by atoms with Crippen LogP contribution in [-0.4, -0.2) is 23.2 Å². The third-order valence-corrected chi connectivity index (χ3v) is 2.33. The lowest BCUT2D eigenvalue weighted by atomic mass is 9.95. The maximum atomic E-state index is 11.0. The standard InChI is InChI=1S/C9H17NO2/c1-7(11)9(12)10-8-5-3-2-4-6-8/h7-8,11H,2-6H2,1H3,(H,10,12)/t7-/m1/s1. The van der Waals surface area contributed by atoms with E-state index in [4.69, 9.17) is 5.11 Å². The number of hydrogen-bond acceptors (Lipinski definition) is 2. The number of carbonyl (C=O) groups is 1. The molecule has 0 aliphatic heterocycles. The van der Waals surface area contributed by atoms with Gasteiger partial charge in [-0.25, -0.2) is 0 Å². The molecule has 0 saturated heterocycles. The van der Waals surface area contributed by atoms with Crippen molar-refractivity contribution in [2.24, 2.45) is 0 Å². The molecule has 0 aromatic rings. The van der Waals surface area contributed by atoms with E-state index in [0.717, 1.165) is 12.8 Å². The lowest BCUT2D eigenvalue weighted by Crippen LogP contribution is -2.41. The molecule has 0 unspecified atom stereocenters. The Labute approximate surface area is 73.2 Å². The Balaban J connectivity index is 2.24. The van der Waals surface area contributed by atoms with Crippen molar-refractivity contribution in [2.75, 3.05) is 0 Å². The number of aliphatic hydroxyl groups is 1. The van der Waals surface area contributed by atoms with E-state index >= 15 is 0 Å². The molecule has 3 nitrogen and oxygen atoms in total. The van der Waals surface area contributed by atoms with Gasteiger partial charge in [0.1, 0.15) is 6.10 Å². The largest absolute Gasteiger partial charge is 0.384 e. The quantitative estimate of drug-likeness (QED) is 0.646. The highest BCUT2D eigenvalue weighted by Gasteiger charge is 2.17. The zero-order valence-corrected chi connectivity index (χ0v) is 7.55. The first-order chi connectivity index (χ1) is 5.70. The summed E-state index contributed by atoms with van der Waals surface area (Å²) in [6, 6.07) is 0.306. The highest BCUT2D eigenvalue weighted by Crippen LogP contribution is 2.17. The van der Waals surface area contributed by atoms with Crippen LogP contribution in [-0.2, 0) is 4.79 Å². The second-order valence-corrected chi connectivity index (χ2v) is 3.52. The van der Waals surface area contributed by atoms with Crippen molar-refractivity contribution in [3.63, 3.8) is 0 Å². The molecular weight excluding hydrogens is 154 g/mol. The van der Waals surface area contributed by atoms with Gasteiger partial charge in [-0.1, -0.05) is 19.3 Å². The van der Waals surface area contributed by atoms with Gasteiger partial charge < -0.3 is 10.4 Å². The molecule has 1 aliphatic carbocycles. The van der Waals surface area contributed by atoms with Crippen LogP contribution in [0.5, 0.6) is 0 Å². The minimum absolute atomic E-state index is 0.234. The molecule has 1 fully saturated rings. The van der Waals surface area contributed by atoms with E-state index in [2.05, 4.69) is 5.32 Å². The lowest BCUT2D eigenvalue weighted by Gasteiger charge is -2.23. The second-order valence-electron chi connectivity index (χ2n) is 3.52. The average molecular weight is 171 g/mol. The van der Waals surface area contributed by atoms with Crippen LogP contribution < -0.4 is 5.32 Å². The summed E-state index contributed by atoms with van der Waals surface area (Å²) in [5, 5.41) is 11.8. The molecule has 1 amide bonds. The van der Waals surface area contributed by atoms with Crippen molar-refractivity contribution in [3.05, 3.63) is 0 Å². The minimum atomic E-state index is -0.869. The summed E-state index contributed by atoms with van der Waals surface area (Å²) in [5.74, 6) is -0.234. The number of hydrogen-bond donors (Lipinski definition) is 2. The molecule has 70 valence electrons. The zero-order chi connectivity index (χ0) is 8.97. The molecule has 1 saturated carbocycles. The van der Waals surface area contributed by atoms with E-state index < -0.39 is 6.10 Å². The van der Waals surface area contributed by atoms with Crippen LogP contribution in [0.4, 0.5) is 0 Å². The van der Waals surface area contributed by atoms with Crippen molar-refractivity contribution in [1.82, 2.24) is 5.32 Å². The molecule has 0 aromatic heterocycles. The summed E-state index contributed by atoms with van der Waals surface area (Å²) in [5.41, 5.74) is 0. The first kappa shape index (κ1) is 9.52. The van der Waals surface area contributed by atoms with E-state index in [9.17, 15) is 4.79 Å². The third kappa shape index (κ3) is 2.81. The van der Waals surface area contributed by atoms with Gasteiger partial charge in [0, 0.05) is 6.04 Å². The first-order valence-electron chi connectivity index (χ1n) is 4.68. The molecule has 0 spiro atoms. The molecule has 0 bridgehead atoms. The summed E-state index contributed by atoms with van der Waals surface area (Å²) in [4.78, 5) is 11.0. The summed E-state index contributed by atoms with van der Waals surface area (Å²) in [6.45, 7) is 1.50. The van der Waals surface area contributed by atoms with Gasteiger partial charge in [0.2, 0.25) is 5.91 Å². The van der Waals surface area contributed by atoms with Gasteiger partial charge in [-0.15, -0.1) is 0 Å². The van der Waals surface area contributed by atoms with Crippen molar-refractivity contribution in [2.45, 2.75) is 51.2 Å². The Hall–Kier alpha value is -0.570. The highest BCUT2D eigenvalue weighted by atomic mass is 16.3. The van der Waals surface area contributed by atoms with Crippen LogP contribution >= 0.6 is 0 Å². The van der Waals surface area contributed by atoms with Crippen molar-refractivity contribution >= 4 is 5.91 Å². The Morgan fingerprint density at radius 1 is 1.42 bits per heavy atom. The van der Waals surface area contributed by atoms with Crippen LogP contribution in [0.15, 0.2) is 0 Å². The lowest BCUT2D eigenvalue weighted by molar-refractivity contribution is -0.129. The molecule has 12 heavy (non-hydrogen) atoms. The monoisotopic (exact) mass is 171 g/mol. The SMILES string of the molecule is C[C@@H](O)C(=O)NC1CCCCC1. The fraction of sp³-hybridized carbons (Fsp3) is 0.889. The van der Waals surface area contributed by atoms with E-state index in [1.54, 1.807) is 0 Å². The minimum Gasteiger partial charge on any atom is -0.384 e. The Kier molecular flexibility index (Phi) is 3.53. The molecule has 0 aromatic carbocycles. The molecule has 0 heterocycles. The number of carbonyl (C=O) groups excluding carboxylic acids is 1. The fourth-order valence-electron chi connectivity index (χ4n) is 1.57. The van der Waals surface area contributed by atoms with Gasteiger partial charge in [-0.05, 0) is 19.8 Å². The van der Waals surface area contributed by atoms with E-state index in [0.29, 0.717) is 6.04 Å². The normalized spacial score (nSPS) is 21.8. The molecular formula is C9H17NO2. The number of aliphatic hydroxyl groups excluding tert-OH is 1. The van der Waals surface area contributed by atoms with Crippen LogP contribution in [0.1, 0.15) is 39.0 Å². The van der Waals surface area contributed by atoms with Crippen LogP contribution in [0.25, 0.3) is 0 Å². The maximum Gasteiger partial charge on any atom is 0.248 e. The molecule has 0 radical (unpaired) electrons.